The maximum absolute atomic E-state index is 12.1. The van der Waals surface area contributed by atoms with Crippen LogP contribution in [0.2, 0.25) is 0 Å². The van der Waals surface area contributed by atoms with Crippen molar-refractivity contribution in [3.8, 4) is 0 Å². The summed E-state index contributed by atoms with van der Waals surface area (Å²) < 4.78 is 36.2. The summed E-state index contributed by atoms with van der Waals surface area (Å²) >= 11 is 0. The Bertz CT molecular complexity index is 370. The lowest BCUT2D eigenvalue weighted by Gasteiger charge is -2.41. The predicted octanol–water partition coefficient (Wildman–Crippen LogP) is 1.46. The zero-order chi connectivity index (χ0) is 14.0. The summed E-state index contributed by atoms with van der Waals surface area (Å²) in [7, 11) is 0. The maximum atomic E-state index is 12.1. The van der Waals surface area contributed by atoms with E-state index >= 15 is 0 Å². The highest BCUT2D eigenvalue weighted by Gasteiger charge is 2.36. The molecule has 2 amide bonds. The highest BCUT2D eigenvalue weighted by atomic mass is 19.4. The summed E-state index contributed by atoms with van der Waals surface area (Å²) in [5.41, 5.74) is 0. The molecule has 1 N–H and O–H groups in total. The van der Waals surface area contributed by atoms with E-state index < -0.39 is 24.9 Å². The van der Waals surface area contributed by atoms with Crippen molar-refractivity contribution in [1.82, 2.24) is 10.2 Å². The Hall–Kier alpha value is -1.27. The molecule has 0 aromatic rings. The van der Waals surface area contributed by atoms with E-state index in [-0.39, 0.29) is 17.9 Å². The van der Waals surface area contributed by atoms with Crippen LogP contribution in [0.3, 0.4) is 0 Å². The van der Waals surface area contributed by atoms with Gasteiger partial charge in [0.15, 0.2) is 0 Å². The zero-order valence-electron chi connectivity index (χ0n) is 10.5. The van der Waals surface area contributed by atoms with Gasteiger partial charge in [0.2, 0.25) is 11.8 Å². The molecule has 0 saturated carbocycles. The molecule has 7 heteroatoms. The Morgan fingerprint density at radius 2 is 2.11 bits per heavy atom. The monoisotopic (exact) mass is 278 g/mol. The van der Waals surface area contributed by atoms with Gasteiger partial charge in [0.1, 0.15) is 0 Å². The Balaban J connectivity index is 1.83. The lowest BCUT2D eigenvalue weighted by molar-refractivity contribution is -0.150. The topological polar surface area (TPSA) is 49.4 Å². The van der Waals surface area contributed by atoms with Crippen molar-refractivity contribution >= 4 is 11.8 Å². The van der Waals surface area contributed by atoms with Crippen molar-refractivity contribution in [3.63, 3.8) is 0 Å². The summed E-state index contributed by atoms with van der Waals surface area (Å²) in [6.45, 7) is 0.889. The number of hydrogen-bond acceptors (Lipinski definition) is 2. The van der Waals surface area contributed by atoms with Gasteiger partial charge in [0.05, 0.1) is 6.42 Å². The van der Waals surface area contributed by atoms with Crippen LogP contribution in [0.4, 0.5) is 13.2 Å². The molecule has 2 aliphatic heterocycles. The second-order valence-corrected chi connectivity index (χ2v) is 5.22. The summed E-state index contributed by atoms with van der Waals surface area (Å²) in [4.78, 5) is 24.5. The number of piperidine rings is 2. The van der Waals surface area contributed by atoms with Crippen LogP contribution in [0.25, 0.3) is 0 Å². The molecule has 108 valence electrons. The third-order valence-corrected chi connectivity index (χ3v) is 3.80. The number of likely N-dealkylation sites (tertiary alicyclic amines) is 1. The summed E-state index contributed by atoms with van der Waals surface area (Å²) in [6, 6.07) is 0.0768. The number of hydrogen-bond donors (Lipinski definition) is 1. The van der Waals surface area contributed by atoms with E-state index in [9.17, 15) is 22.8 Å². The Labute approximate surface area is 109 Å². The minimum atomic E-state index is -4.28. The molecular formula is C12H17F3N2O2. The van der Waals surface area contributed by atoms with Gasteiger partial charge in [-0.15, -0.1) is 0 Å². The van der Waals surface area contributed by atoms with Gasteiger partial charge in [-0.2, -0.15) is 13.2 Å². The van der Waals surface area contributed by atoms with Gasteiger partial charge >= 0.3 is 6.18 Å². The molecule has 0 aliphatic carbocycles. The number of fused-ring (bicyclic) bond motifs is 1. The standard InChI is InChI=1S/C12H17F3N2O2/c13-12(14,15)5-3-11(19)17-6-4-9-8(7-17)1-2-10(18)16-9/h8-9H,1-7H2,(H,16,18). The van der Waals surface area contributed by atoms with Crippen molar-refractivity contribution in [1.29, 1.82) is 0 Å². The van der Waals surface area contributed by atoms with Gasteiger partial charge in [0, 0.05) is 32.0 Å². The summed E-state index contributed by atoms with van der Waals surface area (Å²) in [5, 5.41) is 2.88. The van der Waals surface area contributed by atoms with Crippen molar-refractivity contribution < 1.29 is 22.8 Å². The normalized spacial score (nSPS) is 27.7. The van der Waals surface area contributed by atoms with E-state index in [4.69, 9.17) is 0 Å². The number of alkyl halides is 3. The van der Waals surface area contributed by atoms with E-state index in [1.165, 1.54) is 4.90 Å². The Kier molecular flexibility index (Phi) is 4.01. The SMILES string of the molecule is O=C1CCC2CN(C(=O)CCC(F)(F)F)CCC2N1. The fourth-order valence-corrected chi connectivity index (χ4v) is 2.74. The number of amides is 2. The van der Waals surface area contributed by atoms with Crippen LogP contribution in [0, 0.1) is 5.92 Å². The van der Waals surface area contributed by atoms with Gasteiger partial charge in [0.25, 0.3) is 0 Å². The molecule has 0 bridgehead atoms. The quantitative estimate of drug-likeness (QED) is 0.831. The van der Waals surface area contributed by atoms with Gasteiger partial charge in [-0.3, -0.25) is 9.59 Å². The van der Waals surface area contributed by atoms with Crippen LogP contribution in [-0.4, -0.2) is 42.0 Å². The fourth-order valence-electron chi connectivity index (χ4n) is 2.74. The van der Waals surface area contributed by atoms with Crippen LogP contribution >= 0.6 is 0 Å². The minimum Gasteiger partial charge on any atom is -0.353 e. The minimum absolute atomic E-state index is 0.0260. The zero-order valence-corrected chi connectivity index (χ0v) is 10.5. The van der Waals surface area contributed by atoms with E-state index in [0.29, 0.717) is 32.4 Å². The van der Waals surface area contributed by atoms with Gasteiger partial charge in [-0.1, -0.05) is 0 Å². The van der Waals surface area contributed by atoms with Crippen molar-refractivity contribution in [2.45, 2.75) is 44.3 Å². The van der Waals surface area contributed by atoms with E-state index in [1.807, 2.05) is 0 Å². The van der Waals surface area contributed by atoms with E-state index in [0.717, 1.165) is 0 Å². The summed E-state index contributed by atoms with van der Waals surface area (Å²) in [6.07, 6.45) is -4.05. The molecule has 2 rings (SSSR count). The van der Waals surface area contributed by atoms with Crippen LogP contribution < -0.4 is 5.32 Å². The lowest BCUT2D eigenvalue weighted by Crippen LogP contribution is -2.55. The van der Waals surface area contributed by atoms with Crippen LogP contribution in [0.1, 0.15) is 32.1 Å². The number of nitrogens with one attached hydrogen (secondary N) is 1. The van der Waals surface area contributed by atoms with E-state index in [1.54, 1.807) is 0 Å². The van der Waals surface area contributed by atoms with Crippen LogP contribution in [0.5, 0.6) is 0 Å². The second kappa shape index (κ2) is 5.38. The molecule has 2 unspecified atom stereocenters. The average Bonchev–Trinajstić information content (AvgIpc) is 2.34. The number of carbonyl (C=O) groups excluding carboxylic acids is 2. The summed E-state index contributed by atoms with van der Waals surface area (Å²) in [5.74, 6) is -0.230. The smallest absolute Gasteiger partial charge is 0.353 e. The highest BCUT2D eigenvalue weighted by molar-refractivity contribution is 5.78. The maximum Gasteiger partial charge on any atom is 0.389 e. The lowest BCUT2D eigenvalue weighted by atomic mass is 9.85. The molecule has 0 aromatic heterocycles. The van der Waals surface area contributed by atoms with Crippen LogP contribution in [0.15, 0.2) is 0 Å². The molecular weight excluding hydrogens is 261 g/mol. The van der Waals surface area contributed by atoms with Gasteiger partial charge < -0.3 is 10.2 Å². The third kappa shape index (κ3) is 3.84. The molecule has 2 aliphatic rings. The fraction of sp³-hybridized carbons (Fsp3) is 0.833. The van der Waals surface area contributed by atoms with Crippen LogP contribution in [-0.2, 0) is 9.59 Å². The van der Waals surface area contributed by atoms with Crippen molar-refractivity contribution in [3.05, 3.63) is 0 Å². The molecule has 0 radical (unpaired) electrons. The Morgan fingerprint density at radius 1 is 1.37 bits per heavy atom. The van der Waals surface area contributed by atoms with Gasteiger partial charge in [-0.05, 0) is 18.8 Å². The first-order chi connectivity index (χ1) is 8.85. The molecule has 4 nitrogen and oxygen atoms in total. The van der Waals surface area contributed by atoms with Crippen molar-refractivity contribution in [2.24, 2.45) is 5.92 Å². The first-order valence-corrected chi connectivity index (χ1v) is 6.49. The molecule has 2 atom stereocenters. The predicted molar refractivity (Wildman–Crippen MR) is 61.1 cm³/mol. The molecule has 2 heterocycles. The Morgan fingerprint density at radius 3 is 2.79 bits per heavy atom. The first-order valence-electron chi connectivity index (χ1n) is 6.49. The van der Waals surface area contributed by atoms with E-state index in [2.05, 4.69) is 5.32 Å². The number of halogens is 3. The molecule has 19 heavy (non-hydrogen) atoms. The highest BCUT2D eigenvalue weighted by Crippen LogP contribution is 2.27. The molecule has 2 saturated heterocycles. The third-order valence-electron chi connectivity index (χ3n) is 3.80. The second-order valence-electron chi connectivity index (χ2n) is 5.22. The largest absolute Gasteiger partial charge is 0.389 e. The van der Waals surface area contributed by atoms with Crippen molar-refractivity contribution in [2.75, 3.05) is 13.1 Å². The molecule has 2 fully saturated rings. The molecule has 0 spiro atoms. The van der Waals surface area contributed by atoms with Gasteiger partial charge in [-0.25, -0.2) is 0 Å². The average molecular weight is 278 g/mol. The first kappa shape index (κ1) is 14.1. The number of carbonyl (C=O) groups is 2. The number of rotatable bonds is 2. The molecule has 0 aromatic carbocycles. The number of nitrogens with zero attached hydrogens (tertiary/aromatic N) is 1.